The van der Waals surface area contributed by atoms with Crippen molar-refractivity contribution in [2.75, 3.05) is 23.4 Å². The van der Waals surface area contributed by atoms with E-state index in [1.807, 2.05) is 6.92 Å². The van der Waals surface area contributed by atoms with Crippen molar-refractivity contribution in [2.45, 2.75) is 38.6 Å². The number of anilines is 2. The van der Waals surface area contributed by atoms with Crippen molar-refractivity contribution >= 4 is 40.0 Å². The van der Waals surface area contributed by atoms with Gasteiger partial charge >= 0.3 is 6.09 Å². The largest absolute Gasteiger partial charge is 0.474 e. The first-order valence-corrected chi connectivity index (χ1v) is 11.8. The van der Waals surface area contributed by atoms with Gasteiger partial charge in [0, 0.05) is 35.5 Å². The highest BCUT2D eigenvalue weighted by molar-refractivity contribution is 6.36. The number of nitrogens with zero attached hydrogens (tertiary/aromatic N) is 4. The van der Waals surface area contributed by atoms with Gasteiger partial charge in [-0.3, -0.25) is 4.90 Å². The molecule has 2 N–H and O–H groups in total. The standard InChI is InChI=1S/C25H23ClFN5O3/c1-13-17(11-31-24-23(13)29-6-7-35-24)16-8-15-9-20(30-12-18(15)21(26)22(16)27)32(25(33)34)19-5-3-2-4-14(19)10-28/h8-9,11-12,14,19,29H,2-7H2,1H3,(H,33,34)/t14-,19-/m0/s1. The Balaban J connectivity index is 1.64. The third-order valence-corrected chi connectivity index (χ3v) is 7.17. The molecular formula is C25H23ClFN5O3. The Hall–Kier alpha value is -3.64. The maximum Gasteiger partial charge on any atom is 0.413 e. The van der Waals surface area contributed by atoms with Gasteiger partial charge in [-0.05, 0) is 42.8 Å². The highest BCUT2D eigenvalue weighted by Crippen LogP contribution is 2.41. The van der Waals surface area contributed by atoms with Crippen LogP contribution in [0.1, 0.15) is 31.2 Å². The lowest BCUT2D eigenvalue weighted by Gasteiger charge is -2.34. The van der Waals surface area contributed by atoms with Crippen LogP contribution in [0.4, 0.5) is 20.7 Å². The van der Waals surface area contributed by atoms with Crippen molar-refractivity contribution in [2.24, 2.45) is 5.92 Å². The number of aromatic nitrogens is 2. The van der Waals surface area contributed by atoms with E-state index in [1.54, 1.807) is 18.3 Å². The summed E-state index contributed by atoms with van der Waals surface area (Å²) in [6.45, 7) is 2.97. The van der Waals surface area contributed by atoms with E-state index in [9.17, 15) is 15.2 Å². The van der Waals surface area contributed by atoms with Gasteiger partial charge in [-0.2, -0.15) is 5.26 Å². The normalized spacial score (nSPS) is 19.3. The van der Waals surface area contributed by atoms with Crippen molar-refractivity contribution in [3.05, 3.63) is 40.9 Å². The van der Waals surface area contributed by atoms with E-state index in [0.717, 1.165) is 23.3 Å². The molecule has 1 aliphatic carbocycles. The molecule has 180 valence electrons. The maximum absolute atomic E-state index is 15.4. The number of benzene rings is 1. The molecule has 1 aromatic carbocycles. The number of ether oxygens (including phenoxy) is 1. The number of carbonyl (C=O) groups is 1. The van der Waals surface area contributed by atoms with E-state index < -0.39 is 23.9 Å². The number of hydrogen-bond donors (Lipinski definition) is 2. The summed E-state index contributed by atoms with van der Waals surface area (Å²) in [6.07, 6.45) is 4.69. The molecule has 2 atom stereocenters. The Morgan fingerprint density at radius 2 is 2.09 bits per heavy atom. The number of nitrogens with one attached hydrogen (secondary N) is 1. The summed E-state index contributed by atoms with van der Waals surface area (Å²) >= 11 is 6.42. The number of halogens is 2. The second-order valence-electron chi connectivity index (χ2n) is 8.81. The minimum absolute atomic E-state index is 0.104. The monoisotopic (exact) mass is 495 g/mol. The van der Waals surface area contributed by atoms with Crippen molar-refractivity contribution in [1.29, 1.82) is 5.26 Å². The van der Waals surface area contributed by atoms with Gasteiger partial charge < -0.3 is 15.2 Å². The van der Waals surface area contributed by atoms with Crippen LogP contribution in [0.25, 0.3) is 21.9 Å². The Morgan fingerprint density at radius 3 is 2.86 bits per heavy atom. The number of hydrogen-bond acceptors (Lipinski definition) is 6. The van der Waals surface area contributed by atoms with E-state index in [4.69, 9.17) is 16.3 Å². The molecule has 3 aromatic rings. The zero-order chi connectivity index (χ0) is 24.7. The predicted octanol–water partition coefficient (Wildman–Crippen LogP) is 5.77. The summed E-state index contributed by atoms with van der Waals surface area (Å²) in [5.41, 5.74) is 2.27. The van der Waals surface area contributed by atoms with Crippen LogP contribution in [0.2, 0.25) is 5.02 Å². The first-order chi connectivity index (χ1) is 16.9. The fourth-order valence-corrected chi connectivity index (χ4v) is 5.28. The predicted molar refractivity (Wildman–Crippen MR) is 131 cm³/mol. The Labute approximate surface area is 206 Å². The molecule has 0 spiro atoms. The number of fused-ring (bicyclic) bond motifs is 2. The summed E-state index contributed by atoms with van der Waals surface area (Å²) in [5, 5.41) is 23.6. The van der Waals surface area contributed by atoms with Crippen molar-refractivity contribution < 1.29 is 19.0 Å². The first-order valence-electron chi connectivity index (χ1n) is 11.5. The molecular weight excluding hydrogens is 473 g/mol. The molecule has 0 radical (unpaired) electrons. The van der Waals surface area contributed by atoms with Crippen LogP contribution < -0.4 is 15.0 Å². The zero-order valence-electron chi connectivity index (χ0n) is 19.0. The van der Waals surface area contributed by atoms with E-state index in [-0.39, 0.29) is 16.4 Å². The highest BCUT2D eigenvalue weighted by atomic mass is 35.5. The van der Waals surface area contributed by atoms with E-state index >= 15 is 4.39 Å². The van der Waals surface area contributed by atoms with Crippen LogP contribution in [-0.4, -0.2) is 40.4 Å². The van der Waals surface area contributed by atoms with Crippen LogP contribution in [-0.2, 0) is 0 Å². The van der Waals surface area contributed by atoms with Gasteiger partial charge in [0.2, 0.25) is 5.88 Å². The molecule has 1 aliphatic heterocycles. The second-order valence-corrected chi connectivity index (χ2v) is 9.19. The SMILES string of the molecule is Cc1c(-c2cc3cc(N(C(=O)O)[C@H]4CCCC[C@H]4C#N)ncc3c(Cl)c2F)cnc2c1NCCO2. The smallest absolute Gasteiger partial charge is 0.413 e. The molecule has 0 saturated heterocycles. The quantitative estimate of drug-likeness (QED) is 0.474. The minimum atomic E-state index is -1.18. The van der Waals surface area contributed by atoms with Crippen LogP contribution in [0, 0.1) is 30.0 Å². The fraction of sp³-hybridized carbons (Fsp3) is 0.360. The molecule has 1 saturated carbocycles. The number of nitriles is 1. The average Bonchev–Trinajstić information content (AvgIpc) is 2.87. The van der Waals surface area contributed by atoms with Gasteiger partial charge in [0.05, 0.1) is 23.1 Å². The number of carboxylic acid groups (broad SMARTS) is 1. The molecule has 3 heterocycles. The van der Waals surface area contributed by atoms with E-state index in [1.165, 1.54) is 6.20 Å². The second kappa shape index (κ2) is 9.19. The van der Waals surface area contributed by atoms with Gasteiger partial charge in [-0.15, -0.1) is 0 Å². The van der Waals surface area contributed by atoms with E-state index in [2.05, 4.69) is 21.4 Å². The molecule has 2 aliphatic rings. The summed E-state index contributed by atoms with van der Waals surface area (Å²) < 4.78 is 21.0. The van der Waals surface area contributed by atoms with Crippen LogP contribution in [0.15, 0.2) is 24.5 Å². The van der Waals surface area contributed by atoms with Gasteiger partial charge in [-0.1, -0.05) is 24.4 Å². The average molecular weight is 496 g/mol. The number of amides is 1. The zero-order valence-corrected chi connectivity index (χ0v) is 19.8. The summed E-state index contributed by atoms with van der Waals surface area (Å²) in [4.78, 5) is 22.0. The molecule has 5 rings (SSSR count). The molecule has 2 aromatic heterocycles. The highest BCUT2D eigenvalue weighted by Gasteiger charge is 2.35. The van der Waals surface area contributed by atoms with Gasteiger partial charge in [0.15, 0.2) is 0 Å². The molecule has 0 unspecified atom stereocenters. The topological polar surface area (TPSA) is 111 Å². The minimum Gasteiger partial charge on any atom is -0.474 e. The van der Waals surface area contributed by atoms with Crippen LogP contribution in [0.3, 0.4) is 0 Å². The third-order valence-electron chi connectivity index (χ3n) is 6.80. The molecule has 35 heavy (non-hydrogen) atoms. The van der Waals surface area contributed by atoms with Crippen LogP contribution >= 0.6 is 11.6 Å². The Morgan fingerprint density at radius 1 is 1.29 bits per heavy atom. The van der Waals surface area contributed by atoms with Crippen LogP contribution in [0.5, 0.6) is 5.88 Å². The van der Waals surface area contributed by atoms with E-state index in [0.29, 0.717) is 53.9 Å². The first kappa shape index (κ1) is 23.1. The number of pyridine rings is 2. The lowest BCUT2D eigenvalue weighted by atomic mass is 9.84. The molecule has 8 nitrogen and oxygen atoms in total. The maximum atomic E-state index is 15.4. The Bertz CT molecular complexity index is 1380. The number of rotatable bonds is 3. The summed E-state index contributed by atoms with van der Waals surface area (Å²) in [6, 6.07) is 4.97. The lowest BCUT2D eigenvalue weighted by molar-refractivity contribution is 0.193. The third kappa shape index (κ3) is 3.98. The van der Waals surface area contributed by atoms with Crippen molar-refractivity contribution in [3.8, 4) is 23.1 Å². The van der Waals surface area contributed by atoms with Crippen molar-refractivity contribution in [1.82, 2.24) is 9.97 Å². The van der Waals surface area contributed by atoms with Crippen molar-refractivity contribution in [3.63, 3.8) is 0 Å². The molecule has 0 bridgehead atoms. The summed E-state index contributed by atoms with van der Waals surface area (Å²) in [5.74, 6) is -0.375. The Kier molecular flexibility index (Phi) is 6.07. The molecule has 1 amide bonds. The fourth-order valence-electron chi connectivity index (χ4n) is 5.02. The lowest BCUT2D eigenvalue weighted by Crippen LogP contribution is -2.45. The van der Waals surface area contributed by atoms with Gasteiger partial charge in [0.25, 0.3) is 0 Å². The molecule has 1 fully saturated rings. The van der Waals surface area contributed by atoms with Gasteiger partial charge in [0.1, 0.15) is 23.9 Å². The van der Waals surface area contributed by atoms with Gasteiger partial charge in [-0.25, -0.2) is 19.2 Å². The summed E-state index contributed by atoms with van der Waals surface area (Å²) in [7, 11) is 0. The molecule has 10 heteroatoms.